The smallest absolute Gasteiger partial charge is 0.244 e. The Bertz CT molecular complexity index is 518. The van der Waals surface area contributed by atoms with Crippen LogP contribution in [0.2, 0.25) is 0 Å². The van der Waals surface area contributed by atoms with Gasteiger partial charge in [0.05, 0.1) is 12.0 Å². The van der Waals surface area contributed by atoms with Crippen LogP contribution in [0.15, 0.2) is 33.6 Å². The molecule has 0 saturated carbocycles. The molecule has 18 heavy (non-hydrogen) atoms. The average Bonchev–Trinajstić information content (AvgIpc) is 2.29. The first-order valence-corrected chi connectivity index (χ1v) is 7.30. The SMILES string of the molecule is CONC(=O)CCNS(=O)(=O)c1cccc(Br)c1. The van der Waals surface area contributed by atoms with Crippen LogP contribution in [0.1, 0.15) is 6.42 Å². The minimum atomic E-state index is -3.59. The van der Waals surface area contributed by atoms with Crippen LogP contribution >= 0.6 is 15.9 Å². The Morgan fingerprint density at radius 1 is 1.44 bits per heavy atom. The summed E-state index contributed by atoms with van der Waals surface area (Å²) in [5.74, 6) is -0.394. The largest absolute Gasteiger partial charge is 0.277 e. The third kappa shape index (κ3) is 4.73. The van der Waals surface area contributed by atoms with Crippen molar-refractivity contribution < 1.29 is 18.0 Å². The maximum Gasteiger partial charge on any atom is 0.244 e. The van der Waals surface area contributed by atoms with Gasteiger partial charge in [-0.25, -0.2) is 18.6 Å². The van der Waals surface area contributed by atoms with Crippen molar-refractivity contribution in [2.75, 3.05) is 13.7 Å². The lowest BCUT2D eigenvalue weighted by molar-refractivity contribution is -0.131. The fourth-order valence-electron chi connectivity index (χ4n) is 1.18. The van der Waals surface area contributed by atoms with Crippen molar-refractivity contribution in [2.45, 2.75) is 11.3 Å². The first kappa shape index (κ1) is 15.1. The minimum Gasteiger partial charge on any atom is -0.277 e. The van der Waals surface area contributed by atoms with Gasteiger partial charge in [0.2, 0.25) is 15.9 Å². The van der Waals surface area contributed by atoms with E-state index in [2.05, 4.69) is 31.0 Å². The number of carbonyl (C=O) groups is 1. The molecular formula is C10H13BrN2O4S. The fraction of sp³-hybridized carbons (Fsp3) is 0.300. The Hall–Kier alpha value is -0.960. The summed E-state index contributed by atoms with van der Waals surface area (Å²) in [5.41, 5.74) is 2.10. The first-order valence-electron chi connectivity index (χ1n) is 5.03. The van der Waals surface area contributed by atoms with Crippen molar-refractivity contribution >= 4 is 31.9 Å². The maximum absolute atomic E-state index is 11.8. The number of hydrogen-bond acceptors (Lipinski definition) is 4. The molecule has 0 aliphatic heterocycles. The minimum absolute atomic E-state index is 0.00106. The summed E-state index contributed by atoms with van der Waals surface area (Å²) in [6.07, 6.45) is 0.00106. The van der Waals surface area contributed by atoms with Crippen LogP contribution in [-0.2, 0) is 19.7 Å². The van der Waals surface area contributed by atoms with Gasteiger partial charge in [0.25, 0.3) is 0 Å². The highest BCUT2D eigenvalue weighted by molar-refractivity contribution is 9.10. The molecule has 0 aliphatic rings. The van der Waals surface area contributed by atoms with E-state index in [9.17, 15) is 13.2 Å². The molecule has 0 aromatic heterocycles. The van der Waals surface area contributed by atoms with E-state index < -0.39 is 15.9 Å². The molecule has 0 saturated heterocycles. The van der Waals surface area contributed by atoms with Crippen LogP contribution in [0, 0.1) is 0 Å². The van der Waals surface area contributed by atoms with Gasteiger partial charge in [-0.3, -0.25) is 9.63 Å². The van der Waals surface area contributed by atoms with E-state index in [4.69, 9.17) is 0 Å². The van der Waals surface area contributed by atoms with E-state index in [0.717, 1.165) is 0 Å². The molecule has 0 spiro atoms. The molecule has 1 aromatic carbocycles. The van der Waals surface area contributed by atoms with Gasteiger partial charge >= 0.3 is 0 Å². The first-order chi connectivity index (χ1) is 8.45. The molecule has 1 rings (SSSR count). The molecular weight excluding hydrogens is 324 g/mol. The molecule has 2 N–H and O–H groups in total. The van der Waals surface area contributed by atoms with Gasteiger partial charge < -0.3 is 0 Å². The highest BCUT2D eigenvalue weighted by atomic mass is 79.9. The number of hydrogen-bond donors (Lipinski definition) is 2. The van der Waals surface area contributed by atoms with E-state index in [1.54, 1.807) is 12.1 Å². The Kier molecular flexibility index (Phi) is 5.73. The summed E-state index contributed by atoms with van der Waals surface area (Å²) in [5, 5.41) is 0. The van der Waals surface area contributed by atoms with Crippen LogP contribution in [0.25, 0.3) is 0 Å². The standard InChI is InChI=1S/C10H13BrN2O4S/c1-17-13-10(14)5-6-12-18(15,16)9-4-2-3-8(11)7-9/h2-4,7,12H,5-6H2,1H3,(H,13,14). The van der Waals surface area contributed by atoms with E-state index >= 15 is 0 Å². The number of rotatable bonds is 6. The molecule has 6 nitrogen and oxygen atoms in total. The molecule has 0 heterocycles. The van der Waals surface area contributed by atoms with Gasteiger partial charge in [-0.2, -0.15) is 0 Å². The summed E-state index contributed by atoms with van der Waals surface area (Å²) >= 11 is 3.19. The quantitative estimate of drug-likeness (QED) is 0.752. The zero-order valence-corrected chi connectivity index (χ0v) is 12.0. The number of amides is 1. The molecule has 0 fully saturated rings. The summed E-state index contributed by atoms with van der Waals surface area (Å²) in [6, 6.07) is 6.31. The van der Waals surface area contributed by atoms with Crippen LogP contribution in [-0.4, -0.2) is 28.0 Å². The predicted octanol–water partition coefficient (Wildman–Crippen LogP) is 0.795. The predicted molar refractivity (Wildman–Crippen MR) is 69.1 cm³/mol. The Morgan fingerprint density at radius 3 is 2.78 bits per heavy atom. The molecule has 0 unspecified atom stereocenters. The van der Waals surface area contributed by atoms with Gasteiger partial charge in [-0.15, -0.1) is 0 Å². The van der Waals surface area contributed by atoms with Crippen LogP contribution in [0.5, 0.6) is 0 Å². The van der Waals surface area contributed by atoms with Crippen LogP contribution in [0.3, 0.4) is 0 Å². The molecule has 0 atom stereocenters. The highest BCUT2D eigenvalue weighted by Crippen LogP contribution is 2.15. The molecule has 0 aliphatic carbocycles. The summed E-state index contributed by atoms with van der Waals surface area (Å²) < 4.78 is 26.7. The number of hydroxylamine groups is 1. The summed E-state index contributed by atoms with van der Waals surface area (Å²) in [6.45, 7) is 0.00401. The normalized spacial score (nSPS) is 11.2. The number of carbonyl (C=O) groups excluding carboxylic acids is 1. The van der Waals surface area contributed by atoms with Gasteiger partial charge in [-0.1, -0.05) is 22.0 Å². The van der Waals surface area contributed by atoms with Gasteiger partial charge in [-0.05, 0) is 18.2 Å². The number of sulfonamides is 1. The second-order valence-electron chi connectivity index (χ2n) is 3.33. The van der Waals surface area contributed by atoms with Crippen molar-refractivity contribution in [2.24, 2.45) is 0 Å². The fourth-order valence-corrected chi connectivity index (χ4v) is 2.81. The lowest BCUT2D eigenvalue weighted by atomic mass is 10.4. The van der Waals surface area contributed by atoms with Gasteiger partial charge in [0, 0.05) is 17.4 Å². The van der Waals surface area contributed by atoms with Crippen molar-refractivity contribution in [1.29, 1.82) is 0 Å². The second-order valence-corrected chi connectivity index (χ2v) is 6.02. The number of nitrogens with one attached hydrogen (secondary N) is 2. The van der Waals surface area contributed by atoms with Crippen molar-refractivity contribution in [3.05, 3.63) is 28.7 Å². The van der Waals surface area contributed by atoms with Crippen molar-refractivity contribution in [3.63, 3.8) is 0 Å². The highest BCUT2D eigenvalue weighted by Gasteiger charge is 2.14. The van der Waals surface area contributed by atoms with E-state index in [1.807, 2.05) is 0 Å². The average molecular weight is 337 g/mol. The van der Waals surface area contributed by atoms with Crippen LogP contribution in [0.4, 0.5) is 0 Å². The molecule has 1 aromatic rings. The van der Waals surface area contributed by atoms with E-state index in [0.29, 0.717) is 4.47 Å². The van der Waals surface area contributed by atoms with Crippen molar-refractivity contribution in [3.8, 4) is 0 Å². The molecule has 0 radical (unpaired) electrons. The zero-order valence-electron chi connectivity index (χ0n) is 9.64. The Morgan fingerprint density at radius 2 is 2.17 bits per heavy atom. The van der Waals surface area contributed by atoms with Crippen molar-refractivity contribution in [1.82, 2.24) is 10.2 Å². The lowest BCUT2D eigenvalue weighted by Crippen LogP contribution is -2.30. The Labute approximate surface area is 114 Å². The summed E-state index contributed by atoms with van der Waals surface area (Å²) in [4.78, 5) is 15.6. The third-order valence-electron chi connectivity index (χ3n) is 1.97. The van der Waals surface area contributed by atoms with E-state index in [-0.39, 0.29) is 17.9 Å². The maximum atomic E-state index is 11.8. The number of benzene rings is 1. The number of halogens is 1. The molecule has 0 bridgehead atoms. The monoisotopic (exact) mass is 336 g/mol. The molecule has 100 valence electrons. The molecule has 1 amide bonds. The lowest BCUT2D eigenvalue weighted by Gasteiger charge is -2.06. The van der Waals surface area contributed by atoms with Gasteiger partial charge in [0.1, 0.15) is 0 Å². The Balaban J connectivity index is 2.58. The third-order valence-corrected chi connectivity index (χ3v) is 3.92. The zero-order chi connectivity index (χ0) is 13.6. The second kappa shape index (κ2) is 6.83. The topological polar surface area (TPSA) is 84.5 Å². The van der Waals surface area contributed by atoms with E-state index in [1.165, 1.54) is 19.2 Å². The summed E-state index contributed by atoms with van der Waals surface area (Å²) in [7, 11) is -2.29. The van der Waals surface area contributed by atoms with Gasteiger partial charge in [0.15, 0.2) is 0 Å². The molecule has 8 heteroatoms. The van der Waals surface area contributed by atoms with Crippen LogP contribution < -0.4 is 10.2 Å².